The first-order valence-electron chi connectivity index (χ1n) is 7.30. The Balaban J connectivity index is 1.94. The highest BCUT2D eigenvalue weighted by molar-refractivity contribution is 5.23. The largest absolute Gasteiger partial charge is 0.489 e. The predicted molar refractivity (Wildman–Crippen MR) is 77.3 cm³/mol. The Kier molecular flexibility index (Phi) is 5.61. The van der Waals surface area contributed by atoms with Crippen molar-refractivity contribution < 1.29 is 14.2 Å². The third-order valence-electron chi connectivity index (χ3n) is 3.10. The molecule has 0 amide bonds. The number of aromatic nitrogens is 1. The van der Waals surface area contributed by atoms with E-state index in [0.29, 0.717) is 12.5 Å². The van der Waals surface area contributed by atoms with Crippen LogP contribution in [0.1, 0.15) is 27.2 Å². The van der Waals surface area contributed by atoms with Gasteiger partial charge in [0.25, 0.3) is 0 Å². The molecule has 0 radical (unpaired) electrons. The lowest BCUT2D eigenvalue weighted by molar-refractivity contribution is -0.0359. The Morgan fingerprint density at radius 2 is 2.20 bits per heavy atom. The molecule has 0 aromatic carbocycles. The number of ether oxygens (including phenoxy) is 3. The van der Waals surface area contributed by atoms with Crippen LogP contribution in [0.25, 0.3) is 0 Å². The lowest BCUT2D eigenvalue weighted by Crippen LogP contribution is -2.48. The summed E-state index contributed by atoms with van der Waals surface area (Å²) in [7, 11) is 0. The number of rotatable bonds is 6. The number of pyridine rings is 1. The van der Waals surface area contributed by atoms with Gasteiger partial charge in [0.2, 0.25) is 5.88 Å². The average Bonchev–Trinajstić information content (AvgIpc) is 2.43. The maximum atomic E-state index is 5.95. The van der Waals surface area contributed by atoms with Crippen LogP contribution in [0.15, 0.2) is 18.3 Å². The van der Waals surface area contributed by atoms with E-state index in [-0.39, 0.29) is 18.3 Å². The van der Waals surface area contributed by atoms with Gasteiger partial charge < -0.3 is 19.5 Å². The van der Waals surface area contributed by atoms with E-state index in [1.807, 2.05) is 32.9 Å². The molecule has 1 saturated heterocycles. The van der Waals surface area contributed by atoms with Crippen LogP contribution in [-0.2, 0) is 4.74 Å². The SMILES string of the molecule is CCO[C@@H]1CNCC[C@H]1Oc1ccc(OC(C)C)cn1. The molecule has 0 unspecified atom stereocenters. The molecule has 1 fully saturated rings. The highest BCUT2D eigenvalue weighted by atomic mass is 16.5. The second kappa shape index (κ2) is 7.45. The fraction of sp³-hybridized carbons (Fsp3) is 0.667. The van der Waals surface area contributed by atoms with Gasteiger partial charge in [-0.15, -0.1) is 0 Å². The maximum Gasteiger partial charge on any atom is 0.213 e. The third-order valence-corrected chi connectivity index (χ3v) is 3.10. The van der Waals surface area contributed by atoms with E-state index in [4.69, 9.17) is 14.2 Å². The standard InChI is InChI=1S/C15H24N2O3/c1-4-18-14-10-16-8-7-13(14)20-15-6-5-12(9-17-15)19-11(2)3/h5-6,9,11,13-14,16H,4,7-8,10H2,1-3H3/t13-,14-/m1/s1. The van der Waals surface area contributed by atoms with Crippen molar-refractivity contribution in [2.45, 2.75) is 45.5 Å². The summed E-state index contributed by atoms with van der Waals surface area (Å²) in [5.41, 5.74) is 0. The van der Waals surface area contributed by atoms with Crippen molar-refractivity contribution in [1.29, 1.82) is 0 Å². The van der Waals surface area contributed by atoms with Gasteiger partial charge >= 0.3 is 0 Å². The van der Waals surface area contributed by atoms with Crippen molar-refractivity contribution >= 4 is 0 Å². The molecular weight excluding hydrogens is 256 g/mol. The summed E-state index contributed by atoms with van der Waals surface area (Å²) in [4.78, 5) is 4.30. The second-order valence-electron chi connectivity index (χ2n) is 5.14. The summed E-state index contributed by atoms with van der Waals surface area (Å²) in [6.45, 7) is 8.46. The van der Waals surface area contributed by atoms with Crippen LogP contribution in [-0.4, -0.2) is 43.0 Å². The van der Waals surface area contributed by atoms with E-state index in [9.17, 15) is 0 Å². The molecule has 1 N–H and O–H groups in total. The quantitative estimate of drug-likeness (QED) is 0.864. The van der Waals surface area contributed by atoms with Gasteiger partial charge in [0.15, 0.2) is 0 Å². The summed E-state index contributed by atoms with van der Waals surface area (Å²) in [6.07, 6.45) is 2.92. The zero-order valence-corrected chi connectivity index (χ0v) is 12.5. The number of piperidine rings is 1. The smallest absolute Gasteiger partial charge is 0.213 e. The molecule has 2 rings (SSSR count). The number of hydrogen-bond acceptors (Lipinski definition) is 5. The first-order chi connectivity index (χ1) is 9.69. The molecule has 112 valence electrons. The van der Waals surface area contributed by atoms with Crippen LogP contribution in [0.3, 0.4) is 0 Å². The summed E-state index contributed by atoms with van der Waals surface area (Å²) in [5.74, 6) is 1.39. The lowest BCUT2D eigenvalue weighted by atomic mass is 10.1. The van der Waals surface area contributed by atoms with Crippen molar-refractivity contribution in [2.24, 2.45) is 0 Å². The fourth-order valence-electron chi connectivity index (χ4n) is 2.25. The highest BCUT2D eigenvalue weighted by Gasteiger charge is 2.27. The molecule has 5 heteroatoms. The minimum Gasteiger partial charge on any atom is -0.489 e. The van der Waals surface area contributed by atoms with E-state index in [2.05, 4.69) is 10.3 Å². The summed E-state index contributed by atoms with van der Waals surface area (Å²) in [6, 6.07) is 3.74. The molecule has 0 saturated carbocycles. The molecule has 0 aliphatic carbocycles. The molecule has 1 aromatic heterocycles. The summed E-state index contributed by atoms with van der Waals surface area (Å²) < 4.78 is 17.2. The van der Waals surface area contributed by atoms with Crippen LogP contribution in [0.5, 0.6) is 11.6 Å². The Labute approximate surface area is 120 Å². The van der Waals surface area contributed by atoms with Crippen molar-refractivity contribution in [2.75, 3.05) is 19.7 Å². The first-order valence-corrected chi connectivity index (χ1v) is 7.30. The Morgan fingerprint density at radius 1 is 1.35 bits per heavy atom. The minimum atomic E-state index is 0.0561. The van der Waals surface area contributed by atoms with Crippen molar-refractivity contribution in [3.05, 3.63) is 18.3 Å². The van der Waals surface area contributed by atoms with Crippen LogP contribution >= 0.6 is 0 Å². The van der Waals surface area contributed by atoms with Crippen molar-refractivity contribution in [3.8, 4) is 11.6 Å². The van der Waals surface area contributed by atoms with E-state index < -0.39 is 0 Å². The molecule has 1 aliphatic rings. The van der Waals surface area contributed by atoms with E-state index in [1.54, 1.807) is 6.20 Å². The minimum absolute atomic E-state index is 0.0561. The Hall–Kier alpha value is -1.33. The van der Waals surface area contributed by atoms with Crippen molar-refractivity contribution in [1.82, 2.24) is 10.3 Å². The van der Waals surface area contributed by atoms with Gasteiger partial charge in [-0.2, -0.15) is 0 Å². The molecule has 1 aliphatic heterocycles. The van der Waals surface area contributed by atoms with Gasteiger partial charge in [0.05, 0.1) is 12.3 Å². The molecule has 2 atom stereocenters. The van der Waals surface area contributed by atoms with Crippen LogP contribution in [0.2, 0.25) is 0 Å². The van der Waals surface area contributed by atoms with E-state index >= 15 is 0 Å². The van der Waals surface area contributed by atoms with Gasteiger partial charge in [-0.25, -0.2) is 4.98 Å². The molecule has 20 heavy (non-hydrogen) atoms. The van der Waals surface area contributed by atoms with Crippen LogP contribution in [0, 0.1) is 0 Å². The molecule has 5 nitrogen and oxygen atoms in total. The molecule has 2 heterocycles. The Bertz CT molecular complexity index is 393. The summed E-state index contributed by atoms with van der Waals surface area (Å²) in [5, 5.41) is 3.32. The molecular formula is C15H24N2O3. The topological polar surface area (TPSA) is 52.6 Å². The third kappa shape index (κ3) is 4.35. The van der Waals surface area contributed by atoms with E-state index in [1.165, 1.54) is 0 Å². The van der Waals surface area contributed by atoms with Gasteiger partial charge in [-0.3, -0.25) is 0 Å². The highest BCUT2D eigenvalue weighted by Crippen LogP contribution is 2.19. The second-order valence-corrected chi connectivity index (χ2v) is 5.14. The maximum absolute atomic E-state index is 5.95. The zero-order chi connectivity index (χ0) is 14.4. The monoisotopic (exact) mass is 280 g/mol. The van der Waals surface area contributed by atoms with Gasteiger partial charge in [0.1, 0.15) is 18.0 Å². The average molecular weight is 280 g/mol. The van der Waals surface area contributed by atoms with E-state index in [0.717, 1.165) is 25.3 Å². The normalized spacial score (nSPS) is 22.8. The van der Waals surface area contributed by atoms with Crippen LogP contribution in [0.4, 0.5) is 0 Å². The fourth-order valence-corrected chi connectivity index (χ4v) is 2.25. The molecule has 0 spiro atoms. The summed E-state index contributed by atoms with van der Waals surface area (Å²) >= 11 is 0. The first kappa shape index (κ1) is 15.1. The number of hydrogen-bond donors (Lipinski definition) is 1. The lowest BCUT2D eigenvalue weighted by Gasteiger charge is -2.31. The number of nitrogens with one attached hydrogen (secondary N) is 1. The van der Waals surface area contributed by atoms with Gasteiger partial charge in [0, 0.05) is 19.2 Å². The predicted octanol–water partition coefficient (Wildman–Crippen LogP) is 2.01. The zero-order valence-electron chi connectivity index (χ0n) is 12.5. The van der Waals surface area contributed by atoms with Crippen molar-refractivity contribution in [3.63, 3.8) is 0 Å². The molecule has 1 aromatic rings. The number of nitrogens with zero attached hydrogens (tertiary/aromatic N) is 1. The molecule has 0 bridgehead atoms. The van der Waals surface area contributed by atoms with Gasteiger partial charge in [-0.05, 0) is 39.8 Å². The van der Waals surface area contributed by atoms with Crippen LogP contribution < -0.4 is 14.8 Å². The van der Waals surface area contributed by atoms with Gasteiger partial charge in [-0.1, -0.05) is 0 Å². The Morgan fingerprint density at radius 3 is 2.85 bits per heavy atom.